The lowest BCUT2D eigenvalue weighted by Gasteiger charge is -2.29. The topological polar surface area (TPSA) is 147 Å². The Morgan fingerprint density at radius 3 is 2.70 bits per heavy atom. The summed E-state index contributed by atoms with van der Waals surface area (Å²) in [5.74, 6) is 0.830. The van der Waals surface area contributed by atoms with E-state index in [1.54, 1.807) is 12.1 Å². The van der Waals surface area contributed by atoms with Gasteiger partial charge in [-0.2, -0.15) is 5.10 Å². The van der Waals surface area contributed by atoms with Gasteiger partial charge in [-0.15, -0.1) is 4.91 Å². The van der Waals surface area contributed by atoms with Crippen LogP contribution in [0.4, 0.5) is 33.2 Å². The molecule has 0 aliphatic carbocycles. The highest BCUT2D eigenvalue weighted by Gasteiger charge is 2.24. The molecule has 3 heterocycles. The number of nitroso groups, excluding NO2 is 1. The lowest BCUT2D eigenvalue weighted by atomic mass is 10.2. The summed E-state index contributed by atoms with van der Waals surface area (Å²) in [5, 5.41) is 16.0. The zero-order chi connectivity index (χ0) is 28.1. The second-order valence-corrected chi connectivity index (χ2v) is 9.72. The van der Waals surface area contributed by atoms with Gasteiger partial charge in [0, 0.05) is 36.1 Å². The third-order valence-electron chi connectivity index (χ3n) is 5.90. The van der Waals surface area contributed by atoms with Gasteiger partial charge >= 0.3 is 0 Å². The molecule has 0 spiro atoms. The summed E-state index contributed by atoms with van der Waals surface area (Å²) in [7, 11) is 1.54. The Morgan fingerprint density at radius 1 is 1.18 bits per heavy atom. The maximum absolute atomic E-state index is 15.2. The molecular formula is C26H25FN8O4S. The van der Waals surface area contributed by atoms with E-state index in [4.69, 9.17) is 14.5 Å². The van der Waals surface area contributed by atoms with Crippen LogP contribution in [0, 0.1) is 17.6 Å². The minimum absolute atomic E-state index is 0.123. The van der Waals surface area contributed by atoms with Crippen LogP contribution in [0.1, 0.15) is 16.1 Å². The first kappa shape index (κ1) is 27.0. The molecule has 1 aliphatic rings. The second kappa shape index (κ2) is 12.1. The van der Waals surface area contributed by atoms with Gasteiger partial charge in [-0.3, -0.25) is 9.89 Å². The predicted octanol–water partition coefficient (Wildman–Crippen LogP) is 5.04. The summed E-state index contributed by atoms with van der Waals surface area (Å²) in [6, 6.07) is 12.1. The lowest BCUT2D eigenvalue weighted by Crippen LogP contribution is -2.37. The number of aromatic amines is 1. The van der Waals surface area contributed by atoms with Crippen molar-refractivity contribution in [1.29, 1.82) is 0 Å². The van der Waals surface area contributed by atoms with E-state index in [1.165, 1.54) is 37.4 Å². The van der Waals surface area contributed by atoms with Crippen molar-refractivity contribution in [2.75, 3.05) is 48.9 Å². The SMILES string of the molecule is COc1c(Nc2cc(C)[nH]n2)nc(Sc2ccc(NC(=O)c3cccc(N=O)c3)cc2F)nc1N1CCOCC1. The molecule has 12 nitrogen and oxygen atoms in total. The van der Waals surface area contributed by atoms with Crippen LogP contribution in [0.5, 0.6) is 5.75 Å². The molecule has 14 heteroatoms. The molecular weight excluding hydrogens is 539 g/mol. The molecule has 1 amide bonds. The van der Waals surface area contributed by atoms with Gasteiger partial charge in [0.25, 0.3) is 5.91 Å². The van der Waals surface area contributed by atoms with Crippen LogP contribution in [0.25, 0.3) is 0 Å². The Bertz CT molecular complexity index is 1540. The minimum Gasteiger partial charge on any atom is -0.490 e. The molecule has 1 aliphatic heterocycles. The van der Waals surface area contributed by atoms with E-state index < -0.39 is 11.7 Å². The quantitative estimate of drug-likeness (QED) is 0.187. The third-order valence-corrected chi connectivity index (χ3v) is 6.82. The van der Waals surface area contributed by atoms with E-state index in [0.717, 1.165) is 17.5 Å². The highest BCUT2D eigenvalue weighted by atomic mass is 32.2. The van der Waals surface area contributed by atoms with Crippen molar-refractivity contribution in [1.82, 2.24) is 20.2 Å². The van der Waals surface area contributed by atoms with E-state index >= 15 is 4.39 Å². The average Bonchev–Trinajstić information content (AvgIpc) is 3.39. The molecule has 206 valence electrons. The molecule has 0 unspecified atom stereocenters. The fourth-order valence-electron chi connectivity index (χ4n) is 4.00. The molecule has 1 fully saturated rings. The van der Waals surface area contributed by atoms with Crippen LogP contribution < -0.4 is 20.3 Å². The summed E-state index contributed by atoms with van der Waals surface area (Å²) in [6.07, 6.45) is 0. The fraction of sp³-hybridized carbons (Fsp3) is 0.231. The molecule has 4 aromatic rings. The largest absolute Gasteiger partial charge is 0.490 e. The van der Waals surface area contributed by atoms with Crippen LogP contribution in [0.3, 0.4) is 0 Å². The van der Waals surface area contributed by atoms with Gasteiger partial charge < -0.3 is 25.0 Å². The average molecular weight is 565 g/mol. The highest BCUT2D eigenvalue weighted by Crippen LogP contribution is 2.39. The van der Waals surface area contributed by atoms with Crippen LogP contribution in [0.15, 0.2) is 63.8 Å². The summed E-state index contributed by atoms with van der Waals surface area (Å²) in [4.78, 5) is 34.9. The lowest BCUT2D eigenvalue weighted by molar-refractivity contribution is 0.102. The van der Waals surface area contributed by atoms with Gasteiger partial charge in [-0.05, 0) is 60.3 Å². The molecule has 0 radical (unpaired) electrons. The molecule has 2 aromatic carbocycles. The molecule has 3 N–H and O–H groups in total. The number of aryl methyl sites for hydroxylation is 1. The number of amides is 1. The van der Waals surface area contributed by atoms with Gasteiger partial charge in [-0.1, -0.05) is 6.07 Å². The zero-order valence-corrected chi connectivity index (χ0v) is 22.4. The number of nitrogens with one attached hydrogen (secondary N) is 3. The number of halogens is 1. The maximum Gasteiger partial charge on any atom is 0.255 e. The number of hydrogen-bond acceptors (Lipinski definition) is 11. The molecule has 0 bridgehead atoms. The van der Waals surface area contributed by atoms with Gasteiger partial charge in [-0.25, -0.2) is 14.4 Å². The van der Waals surface area contributed by atoms with Gasteiger partial charge in [0.2, 0.25) is 5.75 Å². The van der Waals surface area contributed by atoms with Gasteiger partial charge in [0.15, 0.2) is 22.6 Å². The molecule has 2 aromatic heterocycles. The first-order valence-corrected chi connectivity index (χ1v) is 13.0. The first-order valence-electron chi connectivity index (χ1n) is 12.2. The number of methoxy groups -OCH3 is 1. The predicted molar refractivity (Wildman–Crippen MR) is 149 cm³/mol. The van der Waals surface area contributed by atoms with E-state index in [2.05, 4.69) is 31.0 Å². The van der Waals surface area contributed by atoms with Crippen molar-refractivity contribution in [3.05, 3.63) is 70.5 Å². The Morgan fingerprint density at radius 2 is 2.00 bits per heavy atom. The van der Waals surface area contributed by atoms with Crippen molar-refractivity contribution in [2.45, 2.75) is 17.0 Å². The smallest absolute Gasteiger partial charge is 0.255 e. The van der Waals surface area contributed by atoms with Crippen LogP contribution in [0.2, 0.25) is 0 Å². The van der Waals surface area contributed by atoms with E-state index in [-0.39, 0.29) is 27.0 Å². The number of nitrogens with zero attached hydrogens (tertiary/aromatic N) is 5. The Balaban J connectivity index is 1.41. The number of hydrogen-bond donors (Lipinski definition) is 3. The summed E-state index contributed by atoms with van der Waals surface area (Å²) in [5.41, 5.74) is 1.46. The maximum atomic E-state index is 15.2. The Hall–Kier alpha value is -4.56. The molecule has 0 atom stereocenters. The number of benzene rings is 2. The van der Waals surface area contributed by atoms with Crippen molar-refractivity contribution < 1.29 is 18.7 Å². The van der Waals surface area contributed by atoms with Gasteiger partial charge in [0.1, 0.15) is 11.5 Å². The van der Waals surface area contributed by atoms with Crippen LogP contribution in [-0.2, 0) is 4.74 Å². The number of morpholine rings is 1. The van der Waals surface area contributed by atoms with Crippen molar-refractivity contribution in [3.8, 4) is 5.75 Å². The molecule has 5 rings (SSSR count). The molecule has 40 heavy (non-hydrogen) atoms. The standard InChI is InChI=1S/C26H25FN8O4S/c1-15-12-21(33-32-15)29-23-22(38-2)24(35-8-10-39-11-9-35)31-26(30-23)40-20-7-6-17(14-19(20)27)28-25(36)16-4-3-5-18(13-16)34-37/h3-7,12-14H,8-11H2,1-2H3,(H,28,36)(H2,29,30,31,32,33). The Labute approximate surface area is 232 Å². The van der Waals surface area contributed by atoms with Crippen molar-refractivity contribution in [2.24, 2.45) is 5.18 Å². The first-order chi connectivity index (χ1) is 19.4. The molecule has 0 saturated carbocycles. The monoisotopic (exact) mass is 564 g/mol. The number of aromatic nitrogens is 4. The number of ether oxygens (including phenoxy) is 2. The zero-order valence-electron chi connectivity index (χ0n) is 21.6. The highest BCUT2D eigenvalue weighted by molar-refractivity contribution is 7.99. The minimum atomic E-state index is -0.573. The number of carbonyl (C=O) groups excluding carboxylic acids is 1. The van der Waals surface area contributed by atoms with E-state index in [0.29, 0.717) is 49.5 Å². The van der Waals surface area contributed by atoms with Crippen molar-refractivity contribution in [3.63, 3.8) is 0 Å². The van der Waals surface area contributed by atoms with Crippen LogP contribution >= 0.6 is 11.8 Å². The van der Waals surface area contributed by atoms with Crippen LogP contribution in [-0.4, -0.2) is 59.5 Å². The summed E-state index contributed by atoms with van der Waals surface area (Å²) >= 11 is 1.03. The summed E-state index contributed by atoms with van der Waals surface area (Å²) < 4.78 is 26.4. The Kier molecular flexibility index (Phi) is 8.17. The normalized spacial score (nSPS) is 13.1. The number of rotatable bonds is 9. The number of H-pyrrole nitrogens is 1. The van der Waals surface area contributed by atoms with E-state index in [1.807, 2.05) is 17.9 Å². The summed E-state index contributed by atoms with van der Waals surface area (Å²) in [6.45, 7) is 4.16. The number of anilines is 4. The van der Waals surface area contributed by atoms with Gasteiger partial charge in [0.05, 0.1) is 25.2 Å². The number of carbonyl (C=O) groups is 1. The fourth-order valence-corrected chi connectivity index (χ4v) is 4.76. The van der Waals surface area contributed by atoms with E-state index in [9.17, 15) is 9.70 Å². The van der Waals surface area contributed by atoms with Crippen molar-refractivity contribution >= 4 is 46.5 Å². The third kappa shape index (κ3) is 6.18. The molecule has 1 saturated heterocycles. The second-order valence-electron chi connectivity index (χ2n) is 8.72.